The first kappa shape index (κ1) is 14.3. The Balaban J connectivity index is 2.51. The highest BCUT2D eigenvalue weighted by molar-refractivity contribution is 7.80. The molecule has 1 atom stereocenters. The Kier molecular flexibility index (Phi) is 3.94. The van der Waals surface area contributed by atoms with Crippen LogP contribution in [0.3, 0.4) is 0 Å². The highest BCUT2D eigenvalue weighted by atomic mass is 32.1. The van der Waals surface area contributed by atoms with Crippen LogP contribution in [0.4, 0.5) is 0 Å². The number of Topliss-reactive ketones (excluding diaryl/α,β-unsaturated/α-hetero) is 1. The Hall–Kier alpha value is -2.08. The fourth-order valence-corrected chi connectivity index (χ4v) is 2.56. The number of carbonyl (C=O) groups excluding carboxylic acids is 1. The molecule has 20 heavy (non-hydrogen) atoms. The molecule has 1 aromatic rings. The van der Waals surface area contributed by atoms with E-state index in [1.807, 2.05) is 6.92 Å². The van der Waals surface area contributed by atoms with E-state index in [9.17, 15) is 9.90 Å². The van der Waals surface area contributed by atoms with Crippen LogP contribution in [0.2, 0.25) is 0 Å². The number of hydrogen-bond donors (Lipinski definition) is 3. The van der Waals surface area contributed by atoms with E-state index in [0.717, 1.165) is 11.3 Å². The van der Waals surface area contributed by atoms with Crippen molar-refractivity contribution in [3.8, 4) is 11.5 Å². The topological polar surface area (TPSA) is 70.6 Å². The predicted molar refractivity (Wildman–Crippen MR) is 79.7 cm³/mol. The molecule has 6 heteroatoms. The van der Waals surface area contributed by atoms with Crippen LogP contribution in [0.25, 0.3) is 0 Å². The number of allylic oxidation sites excluding steroid dienone is 1. The summed E-state index contributed by atoms with van der Waals surface area (Å²) >= 11 is 5.14. The average Bonchev–Trinajstić information content (AvgIpc) is 2.37. The molecule has 1 heterocycles. The van der Waals surface area contributed by atoms with Crippen molar-refractivity contribution in [1.29, 1.82) is 0 Å². The molecule has 0 saturated carbocycles. The zero-order chi connectivity index (χ0) is 14.9. The maximum absolute atomic E-state index is 11.9. The van der Waals surface area contributed by atoms with E-state index >= 15 is 0 Å². The van der Waals surface area contributed by atoms with Crippen LogP contribution in [-0.2, 0) is 4.79 Å². The molecule has 0 spiro atoms. The third-order valence-corrected chi connectivity index (χ3v) is 3.41. The lowest BCUT2D eigenvalue weighted by molar-refractivity contribution is -0.114. The van der Waals surface area contributed by atoms with Gasteiger partial charge in [0.1, 0.15) is 0 Å². The normalized spacial score (nSPS) is 18.4. The van der Waals surface area contributed by atoms with Gasteiger partial charge in [0.05, 0.1) is 13.2 Å². The molecule has 0 bridgehead atoms. The molecule has 106 valence electrons. The van der Waals surface area contributed by atoms with Gasteiger partial charge in [0.15, 0.2) is 22.4 Å². The number of methoxy groups -OCH3 is 1. The van der Waals surface area contributed by atoms with Gasteiger partial charge >= 0.3 is 0 Å². The van der Waals surface area contributed by atoms with E-state index in [4.69, 9.17) is 17.0 Å². The lowest BCUT2D eigenvalue weighted by Gasteiger charge is -2.30. The summed E-state index contributed by atoms with van der Waals surface area (Å²) in [7, 11) is 1.48. The minimum Gasteiger partial charge on any atom is -0.504 e. The van der Waals surface area contributed by atoms with Gasteiger partial charge in [0.25, 0.3) is 0 Å². The van der Waals surface area contributed by atoms with Crippen molar-refractivity contribution < 1.29 is 14.6 Å². The molecule has 0 amide bonds. The summed E-state index contributed by atoms with van der Waals surface area (Å²) < 4.78 is 5.10. The predicted octanol–water partition coefficient (Wildman–Crippen LogP) is 1.78. The number of ketones is 1. The molecule has 5 nitrogen and oxygen atoms in total. The fourth-order valence-electron chi connectivity index (χ4n) is 2.28. The maximum Gasteiger partial charge on any atom is 0.171 e. The van der Waals surface area contributed by atoms with Crippen LogP contribution < -0.4 is 15.4 Å². The molecule has 1 aliphatic heterocycles. The van der Waals surface area contributed by atoms with Crippen LogP contribution in [0.15, 0.2) is 29.5 Å². The summed E-state index contributed by atoms with van der Waals surface area (Å²) in [6.07, 6.45) is 0. The molecule has 1 aliphatic rings. The van der Waals surface area contributed by atoms with Crippen LogP contribution >= 0.6 is 12.2 Å². The number of thiocarbonyl (C=S) groups is 1. The summed E-state index contributed by atoms with van der Waals surface area (Å²) in [5.41, 5.74) is 2.15. The molecule has 0 aliphatic carbocycles. The summed E-state index contributed by atoms with van der Waals surface area (Å²) in [4.78, 5) is 11.9. The number of phenolic OH excluding ortho intramolecular Hbond substituents is 1. The number of nitrogens with one attached hydrogen (secondary N) is 2. The van der Waals surface area contributed by atoms with Crippen LogP contribution in [0.1, 0.15) is 25.5 Å². The van der Waals surface area contributed by atoms with E-state index in [2.05, 4.69) is 10.6 Å². The molecule has 0 radical (unpaired) electrons. The van der Waals surface area contributed by atoms with Crippen molar-refractivity contribution >= 4 is 23.1 Å². The first-order chi connectivity index (χ1) is 9.43. The first-order valence-corrected chi connectivity index (χ1v) is 6.51. The second-order valence-electron chi connectivity index (χ2n) is 4.56. The highest BCUT2D eigenvalue weighted by Crippen LogP contribution is 2.33. The Bertz CT molecular complexity index is 610. The van der Waals surface area contributed by atoms with Gasteiger partial charge in [-0.1, -0.05) is 6.07 Å². The smallest absolute Gasteiger partial charge is 0.171 e. The Labute approximate surface area is 122 Å². The van der Waals surface area contributed by atoms with Crippen molar-refractivity contribution in [3.63, 3.8) is 0 Å². The van der Waals surface area contributed by atoms with E-state index in [-0.39, 0.29) is 17.6 Å². The van der Waals surface area contributed by atoms with Crippen molar-refractivity contribution in [2.45, 2.75) is 19.9 Å². The van der Waals surface area contributed by atoms with Gasteiger partial charge in [-0.25, -0.2) is 0 Å². The molecule has 0 saturated heterocycles. The van der Waals surface area contributed by atoms with Crippen molar-refractivity contribution in [2.24, 2.45) is 0 Å². The summed E-state index contributed by atoms with van der Waals surface area (Å²) in [6.45, 7) is 3.33. The summed E-state index contributed by atoms with van der Waals surface area (Å²) in [5.74, 6) is 0.370. The summed E-state index contributed by atoms with van der Waals surface area (Å²) in [6, 6.07) is 4.61. The highest BCUT2D eigenvalue weighted by Gasteiger charge is 2.28. The molecule has 2 rings (SSSR count). The van der Waals surface area contributed by atoms with Crippen LogP contribution in [0.5, 0.6) is 11.5 Å². The van der Waals surface area contributed by atoms with Gasteiger partial charge in [-0.15, -0.1) is 0 Å². The SMILES string of the molecule is COc1cc([C@H]2NC(=S)NC(C)=C2C(C)=O)ccc1O. The second kappa shape index (κ2) is 5.50. The number of aromatic hydroxyl groups is 1. The van der Waals surface area contributed by atoms with Gasteiger partial charge in [0, 0.05) is 11.3 Å². The third-order valence-electron chi connectivity index (χ3n) is 3.19. The van der Waals surface area contributed by atoms with E-state index < -0.39 is 0 Å². The number of phenols is 1. The Morgan fingerprint density at radius 1 is 1.45 bits per heavy atom. The molecule has 3 N–H and O–H groups in total. The minimum absolute atomic E-state index is 0.0398. The number of ether oxygens (including phenoxy) is 1. The second-order valence-corrected chi connectivity index (χ2v) is 4.97. The molecular formula is C14H16N2O3S. The van der Waals surface area contributed by atoms with Crippen LogP contribution in [0, 0.1) is 0 Å². The zero-order valence-corrected chi connectivity index (χ0v) is 12.3. The van der Waals surface area contributed by atoms with Crippen molar-refractivity contribution in [2.75, 3.05) is 7.11 Å². The molecule has 0 aromatic heterocycles. The monoisotopic (exact) mass is 292 g/mol. The van der Waals surface area contributed by atoms with E-state index in [1.165, 1.54) is 20.1 Å². The Morgan fingerprint density at radius 2 is 2.15 bits per heavy atom. The summed E-state index contributed by atoms with van der Waals surface area (Å²) in [5, 5.41) is 16.1. The van der Waals surface area contributed by atoms with Gasteiger partial charge < -0.3 is 20.5 Å². The largest absolute Gasteiger partial charge is 0.504 e. The standard InChI is InChI=1S/C14H16N2O3S/c1-7-12(8(2)17)13(16-14(20)15-7)9-4-5-10(18)11(6-9)19-3/h4-6,13,18H,1-3H3,(H2,15,16,20)/t13-/m1/s1. The fraction of sp³-hybridized carbons (Fsp3) is 0.286. The van der Waals surface area contributed by atoms with E-state index in [0.29, 0.717) is 16.4 Å². The van der Waals surface area contributed by atoms with Gasteiger partial charge in [-0.2, -0.15) is 0 Å². The number of carbonyl (C=O) groups is 1. The van der Waals surface area contributed by atoms with Crippen molar-refractivity contribution in [3.05, 3.63) is 35.0 Å². The first-order valence-electron chi connectivity index (χ1n) is 6.10. The Morgan fingerprint density at radius 3 is 2.75 bits per heavy atom. The maximum atomic E-state index is 11.9. The zero-order valence-electron chi connectivity index (χ0n) is 11.5. The van der Waals surface area contributed by atoms with Gasteiger partial charge in [-0.3, -0.25) is 4.79 Å². The van der Waals surface area contributed by atoms with Crippen molar-refractivity contribution in [1.82, 2.24) is 10.6 Å². The third kappa shape index (κ3) is 2.60. The lowest BCUT2D eigenvalue weighted by Crippen LogP contribution is -2.44. The minimum atomic E-state index is -0.351. The van der Waals surface area contributed by atoms with E-state index in [1.54, 1.807) is 12.1 Å². The molecule has 0 unspecified atom stereocenters. The molecule has 0 fully saturated rings. The molecular weight excluding hydrogens is 276 g/mol. The molecule has 1 aromatic carbocycles. The number of hydrogen-bond acceptors (Lipinski definition) is 4. The lowest BCUT2D eigenvalue weighted by atomic mass is 9.93. The average molecular weight is 292 g/mol. The number of benzene rings is 1. The van der Waals surface area contributed by atoms with Crippen LogP contribution in [-0.4, -0.2) is 23.1 Å². The quantitative estimate of drug-likeness (QED) is 0.738. The number of rotatable bonds is 3. The van der Waals surface area contributed by atoms with Gasteiger partial charge in [0.2, 0.25) is 0 Å². The van der Waals surface area contributed by atoms with Gasteiger partial charge in [-0.05, 0) is 43.8 Å².